The first-order valence-corrected chi connectivity index (χ1v) is 5.63. The summed E-state index contributed by atoms with van der Waals surface area (Å²) in [4.78, 5) is 3.18. The molecule has 5 heteroatoms. The van der Waals surface area contributed by atoms with Crippen molar-refractivity contribution in [2.24, 2.45) is 7.05 Å². The Balaban J connectivity index is 2.24. The number of halogens is 1. The number of rotatable bonds is 1. The number of aryl methyl sites for hydroxylation is 2. The molecular formula is C13H13FN4. The van der Waals surface area contributed by atoms with Crippen LogP contribution in [0, 0.1) is 12.7 Å². The molecule has 0 aliphatic carbocycles. The van der Waals surface area contributed by atoms with Gasteiger partial charge in [-0.3, -0.25) is 4.68 Å². The topological polar surface area (TPSA) is 59.6 Å². The van der Waals surface area contributed by atoms with Crippen LogP contribution in [-0.2, 0) is 7.05 Å². The fourth-order valence-corrected chi connectivity index (χ4v) is 2.11. The molecule has 1 aromatic carbocycles. The molecule has 4 nitrogen and oxygen atoms in total. The van der Waals surface area contributed by atoms with E-state index in [2.05, 4.69) is 10.1 Å². The van der Waals surface area contributed by atoms with Gasteiger partial charge in [-0.1, -0.05) is 0 Å². The van der Waals surface area contributed by atoms with Crippen LogP contribution in [0.2, 0.25) is 0 Å². The van der Waals surface area contributed by atoms with E-state index in [0.717, 1.165) is 16.6 Å². The molecule has 0 unspecified atom stereocenters. The number of fused-ring (bicyclic) bond motifs is 1. The third kappa shape index (κ3) is 1.55. The number of nitrogens with one attached hydrogen (secondary N) is 1. The van der Waals surface area contributed by atoms with Crippen molar-refractivity contribution < 1.29 is 4.39 Å². The van der Waals surface area contributed by atoms with Crippen LogP contribution in [0.5, 0.6) is 0 Å². The highest BCUT2D eigenvalue weighted by Gasteiger charge is 2.12. The van der Waals surface area contributed by atoms with Crippen molar-refractivity contribution in [1.82, 2.24) is 14.8 Å². The van der Waals surface area contributed by atoms with Crippen LogP contribution in [0.15, 0.2) is 24.3 Å². The molecule has 3 aromatic rings. The molecule has 0 radical (unpaired) electrons. The van der Waals surface area contributed by atoms with E-state index in [1.165, 1.54) is 10.7 Å². The smallest absolute Gasteiger partial charge is 0.133 e. The highest BCUT2D eigenvalue weighted by Crippen LogP contribution is 2.28. The molecule has 0 aliphatic rings. The number of nitrogen functional groups attached to an aromatic ring is 1. The molecule has 0 bridgehead atoms. The predicted molar refractivity (Wildman–Crippen MR) is 69.6 cm³/mol. The Labute approximate surface area is 103 Å². The van der Waals surface area contributed by atoms with Crippen LogP contribution >= 0.6 is 0 Å². The van der Waals surface area contributed by atoms with E-state index in [1.807, 2.05) is 13.0 Å². The molecule has 0 saturated carbocycles. The summed E-state index contributed by atoms with van der Waals surface area (Å²) in [5.41, 5.74) is 8.61. The largest absolute Gasteiger partial charge is 0.384 e. The van der Waals surface area contributed by atoms with Gasteiger partial charge >= 0.3 is 0 Å². The molecule has 3 rings (SSSR count). The van der Waals surface area contributed by atoms with Gasteiger partial charge in [0.25, 0.3) is 0 Å². The molecule has 18 heavy (non-hydrogen) atoms. The normalized spacial score (nSPS) is 11.3. The Morgan fingerprint density at radius 1 is 1.28 bits per heavy atom. The molecular weight excluding hydrogens is 231 g/mol. The number of hydrogen-bond donors (Lipinski definition) is 2. The first-order valence-electron chi connectivity index (χ1n) is 5.63. The number of anilines is 1. The summed E-state index contributed by atoms with van der Waals surface area (Å²) < 4.78 is 15.6. The Morgan fingerprint density at radius 3 is 2.72 bits per heavy atom. The fraction of sp³-hybridized carbons (Fsp3) is 0.154. The van der Waals surface area contributed by atoms with Gasteiger partial charge in [-0.25, -0.2) is 4.39 Å². The zero-order chi connectivity index (χ0) is 12.9. The summed E-state index contributed by atoms with van der Waals surface area (Å²) >= 11 is 0. The standard InChI is InChI=1S/C13H13FN4/c1-7-3-8-4-10(14)9(5-11(8)16-7)12-6-13(15)18(2)17-12/h3-6,16H,15H2,1-2H3. The van der Waals surface area contributed by atoms with Crippen LogP contribution in [0.4, 0.5) is 10.2 Å². The van der Waals surface area contributed by atoms with Crippen LogP contribution in [0.1, 0.15) is 5.69 Å². The fourth-order valence-electron chi connectivity index (χ4n) is 2.11. The zero-order valence-electron chi connectivity index (χ0n) is 10.2. The highest BCUT2D eigenvalue weighted by atomic mass is 19.1. The van der Waals surface area contributed by atoms with Crippen LogP contribution in [-0.4, -0.2) is 14.8 Å². The van der Waals surface area contributed by atoms with Gasteiger partial charge in [0, 0.05) is 35.3 Å². The quantitative estimate of drug-likeness (QED) is 0.691. The van der Waals surface area contributed by atoms with Crippen LogP contribution in [0.3, 0.4) is 0 Å². The summed E-state index contributed by atoms with van der Waals surface area (Å²) in [6.45, 7) is 1.94. The minimum atomic E-state index is -0.292. The molecule has 2 heterocycles. The number of H-pyrrole nitrogens is 1. The monoisotopic (exact) mass is 244 g/mol. The summed E-state index contributed by atoms with van der Waals surface area (Å²) in [6, 6.07) is 6.85. The van der Waals surface area contributed by atoms with E-state index in [4.69, 9.17) is 5.73 Å². The highest BCUT2D eigenvalue weighted by molar-refractivity contribution is 5.85. The van der Waals surface area contributed by atoms with Crippen molar-refractivity contribution in [2.45, 2.75) is 6.92 Å². The van der Waals surface area contributed by atoms with E-state index in [-0.39, 0.29) is 5.82 Å². The second-order valence-corrected chi connectivity index (χ2v) is 4.45. The predicted octanol–water partition coefficient (Wildman–Crippen LogP) is 2.60. The van der Waals surface area contributed by atoms with Crippen LogP contribution in [0.25, 0.3) is 22.2 Å². The van der Waals surface area contributed by atoms with E-state index in [9.17, 15) is 4.39 Å². The van der Waals surface area contributed by atoms with E-state index in [0.29, 0.717) is 17.1 Å². The van der Waals surface area contributed by atoms with E-state index in [1.54, 1.807) is 19.2 Å². The first-order chi connectivity index (χ1) is 8.54. The number of aromatic nitrogens is 3. The van der Waals surface area contributed by atoms with Gasteiger partial charge in [0.1, 0.15) is 11.6 Å². The summed E-state index contributed by atoms with van der Waals surface area (Å²) in [6.07, 6.45) is 0. The Morgan fingerprint density at radius 2 is 2.06 bits per heavy atom. The minimum absolute atomic E-state index is 0.292. The number of aromatic amines is 1. The summed E-state index contributed by atoms with van der Waals surface area (Å²) in [5, 5.41) is 5.05. The van der Waals surface area contributed by atoms with Gasteiger partial charge in [-0.2, -0.15) is 5.10 Å². The van der Waals surface area contributed by atoms with Gasteiger partial charge in [-0.15, -0.1) is 0 Å². The third-order valence-electron chi connectivity index (χ3n) is 3.04. The molecule has 0 amide bonds. The number of hydrogen-bond acceptors (Lipinski definition) is 2. The van der Waals surface area contributed by atoms with E-state index < -0.39 is 0 Å². The van der Waals surface area contributed by atoms with Crippen molar-refractivity contribution in [2.75, 3.05) is 5.73 Å². The molecule has 3 N–H and O–H groups in total. The molecule has 0 spiro atoms. The number of benzene rings is 1. The van der Waals surface area contributed by atoms with Crippen molar-refractivity contribution in [3.8, 4) is 11.3 Å². The second-order valence-electron chi connectivity index (χ2n) is 4.45. The van der Waals surface area contributed by atoms with Gasteiger partial charge in [0.2, 0.25) is 0 Å². The molecule has 0 saturated heterocycles. The lowest BCUT2D eigenvalue weighted by Gasteiger charge is -2.00. The van der Waals surface area contributed by atoms with Crippen molar-refractivity contribution in [1.29, 1.82) is 0 Å². The maximum absolute atomic E-state index is 14.1. The molecule has 0 atom stereocenters. The first kappa shape index (κ1) is 10.8. The number of nitrogens with zero attached hydrogens (tertiary/aromatic N) is 2. The van der Waals surface area contributed by atoms with Gasteiger partial charge in [-0.05, 0) is 25.1 Å². The SMILES string of the molecule is Cc1cc2cc(F)c(-c3cc(N)n(C)n3)cc2[nH]1. The molecule has 0 fully saturated rings. The van der Waals surface area contributed by atoms with E-state index >= 15 is 0 Å². The van der Waals surface area contributed by atoms with Crippen molar-refractivity contribution in [3.63, 3.8) is 0 Å². The lowest BCUT2D eigenvalue weighted by Crippen LogP contribution is -1.96. The van der Waals surface area contributed by atoms with Crippen LogP contribution < -0.4 is 5.73 Å². The molecule has 0 aliphatic heterocycles. The van der Waals surface area contributed by atoms with Gasteiger partial charge in [0.05, 0.1) is 5.69 Å². The summed E-state index contributed by atoms with van der Waals surface area (Å²) in [5.74, 6) is 0.215. The Kier molecular flexibility index (Phi) is 2.16. The Hall–Kier alpha value is -2.30. The third-order valence-corrected chi connectivity index (χ3v) is 3.04. The van der Waals surface area contributed by atoms with Gasteiger partial charge < -0.3 is 10.7 Å². The average molecular weight is 244 g/mol. The lowest BCUT2D eigenvalue weighted by molar-refractivity contribution is 0.631. The zero-order valence-corrected chi connectivity index (χ0v) is 10.2. The average Bonchev–Trinajstić information content (AvgIpc) is 2.80. The lowest BCUT2D eigenvalue weighted by atomic mass is 10.1. The Bertz CT molecular complexity index is 719. The minimum Gasteiger partial charge on any atom is -0.384 e. The van der Waals surface area contributed by atoms with Crippen molar-refractivity contribution in [3.05, 3.63) is 35.8 Å². The maximum Gasteiger partial charge on any atom is 0.133 e. The van der Waals surface area contributed by atoms with Gasteiger partial charge in [0.15, 0.2) is 0 Å². The number of nitrogens with two attached hydrogens (primary N) is 1. The molecule has 92 valence electrons. The maximum atomic E-state index is 14.1. The second kappa shape index (κ2) is 3.60. The van der Waals surface area contributed by atoms with Crippen molar-refractivity contribution >= 4 is 16.7 Å². The molecule has 2 aromatic heterocycles. The summed E-state index contributed by atoms with van der Waals surface area (Å²) in [7, 11) is 1.73.